The van der Waals surface area contributed by atoms with Crippen molar-refractivity contribution in [3.8, 4) is 0 Å². The molecule has 24 nitrogen and oxygen atoms in total. The summed E-state index contributed by atoms with van der Waals surface area (Å²) < 4.78 is 48.1. The average Bonchev–Trinajstić information content (AvgIpc) is 3.46. The van der Waals surface area contributed by atoms with E-state index in [0.29, 0.717) is 32.1 Å². The Balaban J connectivity index is 1.08. The zero-order chi connectivity index (χ0) is 49.6. The molecule has 4 heterocycles. The van der Waals surface area contributed by atoms with Crippen LogP contribution in [0.15, 0.2) is 0 Å². The first-order valence-electron chi connectivity index (χ1n) is 23.7. The van der Waals surface area contributed by atoms with Crippen molar-refractivity contribution in [3.05, 3.63) is 0 Å². The molecule has 4 saturated heterocycles. The Labute approximate surface area is 391 Å². The van der Waals surface area contributed by atoms with E-state index in [1.807, 2.05) is 6.92 Å². The molecule has 392 valence electrons. The van der Waals surface area contributed by atoms with Gasteiger partial charge < -0.3 is 114 Å². The van der Waals surface area contributed by atoms with Crippen molar-refractivity contribution >= 4 is 5.97 Å². The quantitative estimate of drug-likeness (QED) is 0.0639. The number of hydrogen-bond donors (Lipinski definition) is 15. The fourth-order valence-electron chi connectivity index (χ4n) is 14.0. The number of carbonyl (C=O) groups is 1. The number of ether oxygens (including phenoxy) is 8. The first-order valence-corrected chi connectivity index (χ1v) is 23.7. The maximum absolute atomic E-state index is 14.3. The lowest BCUT2D eigenvalue weighted by Crippen LogP contribution is -2.68. The molecular weight excluding hydrogens is 912 g/mol. The third kappa shape index (κ3) is 8.57. The van der Waals surface area contributed by atoms with Gasteiger partial charge in [0.1, 0.15) is 103 Å². The summed E-state index contributed by atoms with van der Waals surface area (Å²) in [6, 6.07) is 0. The molecule has 4 aliphatic carbocycles. The van der Waals surface area contributed by atoms with Crippen LogP contribution in [0, 0.1) is 28.1 Å². The fraction of sp³-hybridized carbons (Fsp3) is 0.977. The summed E-state index contributed by atoms with van der Waals surface area (Å²) >= 11 is 0. The molecule has 0 aromatic carbocycles. The van der Waals surface area contributed by atoms with E-state index in [2.05, 4.69) is 6.92 Å². The van der Waals surface area contributed by atoms with Gasteiger partial charge in [-0.15, -0.1) is 0 Å². The SMILES string of the molecule is CC1(C(=O)O[C@@H]2O[C@H](CO)[C@@H](O)[C@H](O)[C@H]2O)CCC[C@@]2(C)[C@H]1CC[C@]13C[C@@](O[C@@H]4O[C@H](CO)[C@@H](O)[C@H](O[C@@H]5O[C@H](CO)[C@@H](O)[C@H](O)[C@H]5O)[C@H]4O[C@@H]4O[C@H](CO)[C@@H](O)[C@H](O)[C@H]4O)(CC[C@@H]12)[C@@](C)(O)C3. The summed E-state index contributed by atoms with van der Waals surface area (Å²) in [6.45, 7) is 2.35. The first kappa shape index (κ1) is 52.9. The molecule has 8 rings (SSSR count). The van der Waals surface area contributed by atoms with Gasteiger partial charge in [-0.2, -0.15) is 0 Å². The Morgan fingerprint density at radius 2 is 0.971 bits per heavy atom. The van der Waals surface area contributed by atoms with Gasteiger partial charge in [0.2, 0.25) is 6.29 Å². The number of esters is 1. The summed E-state index contributed by atoms with van der Waals surface area (Å²) in [7, 11) is 0. The molecule has 0 amide bonds. The molecule has 0 aromatic rings. The van der Waals surface area contributed by atoms with E-state index in [1.54, 1.807) is 6.92 Å². The minimum Gasteiger partial charge on any atom is -0.432 e. The summed E-state index contributed by atoms with van der Waals surface area (Å²) in [4.78, 5) is 14.3. The Kier molecular flexibility index (Phi) is 15.1. The number of aliphatic hydroxyl groups excluding tert-OH is 14. The Hall–Kier alpha value is -1.41. The molecule has 27 atom stereocenters. The van der Waals surface area contributed by atoms with Crippen molar-refractivity contribution in [3.63, 3.8) is 0 Å². The van der Waals surface area contributed by atoms with E-state index < -0.39 is 183 Å². The van der Waals surface area contributed by atoms with Crippen molar-refractivity contribution in [2.45, 2.75) is 213 Å². The van der Waals surface area contributed by atoms with Crippen LogP contribution in [-0.2, 0) is 42.7 Å². The van der Waals surface area contributed by atoms with Gasteiger partial charge in [-0.25, -0.2) is 0 Å². The molecule has 0 radical (unpaired) electrons. The van der Waals surface area contributed by atoms with Gasteiger partial charge in [0.15, 0.2) is 18.9 Å². The molecule has 24 heteroatoms. The Bertz CT molecular complexity index is 1760. The molecular formula is C44H72O24. The summed E-state index contributed by atoms with van der Waals surface area (Å²) in [5.41, 5.74) is -5.28. The number of aliphatic hydroxyl groups is 15. The van der Waals surface area contributed by atoms with Gasteiger partial charge in [-0.3, -0.25) is 4.79 Å². The monoisotopic (exact) mass is 984 g/mol. The van der Waals surface area contributed by atoms with Gasteiger partial charge >= 0.3 is 5.97 Å². The molecule has 1 spiro atoms. The van der Waals surface area contributed by atoms with Crippen LogP contribution in [0.3, 0.4) is 0 Å². The normalized spacial score (nSPS) is 56.1. The van der Waals surface area contributed by atoms with Gasteiger partial charge in [0.25, 0.3) is 0 Å². The number of carbonyl (C=O) groups excluding carboxylic acids is 1. The van der Waals surface area contributed by atoms with Crippen LogP contribution in [0.1, 0.15) is 78.6 Å². The summed E-state index contributed by atoms with van der Waals surface area (Å²) in [5, 5.41) is 160. The minimum atomic E-state index is -1.99. The standard InChI is InChI=1S/C44H72O24/c1-40-7-4-8-41(2,39(59)67-37-32(58)29(55)25(51)19(13-47)63-37)21(40)5-9-43-15-42(3,60)44(16-43,10-6-22(40)43)68-38-34(66-36-31(57)28(54)24(50)18(12-46)62-36)33(26(52)20(14-48)64-38)65-35-30(56)27(53)23(49)17(11-45)61-35/h17-38,45-58,60H,4-16H2,1-3H3/t17-,18-,19-,20-,21-,22-,23-,24-,25-,26-,27+,28+,29+,30-,31-,32-,33+,34-,35+,36+,37+,38+,40+,41?,42+,43+,44+/m1/s1. The molecule has 1 unspecified atom stereocenters. The number of rotatable bonds is 12. The first-order chi connectivity index (χ1) is 32.0. The molecule has 4 aliphatic heterocycles. The van der Waals surface area contributed by atoms with Crippen molar-refractivity contribution < 1.29 is 119 Å². The van der Waals surface area contributed by atoms with E-state index in [1.165, 1.54) is 0 Å². The maximum atomic E-state index is 14.3. The second kappa shape index (κ2) is 19.5. The highest BCUT2D eigenvalue weighted by atomic mass is 16.8. The van der Waals surface area contributed by atoms with E-state index in [-0.39, 0.29) is 31.1 Å². The van der Waals surface area contributed by atoms with Crippen LogP contribution in [0.25, 0.3) is 0 Å². The average molecular weight is 985 g/mol. The largest absolute Gasteiger partial charge is 0.432 e. The lowest BCUT2D eigenvalue weighted by atomic mass is 9.41. The topological polar surface area (TPSA) is 394 Å². The minimum absolute atomic E-state index is 0.0955. The Morgan fingerprint density at radius 1 is 0.515 bits per heavy atom. The van der Waals surface area contributed by atoms with E-state index in [0.717, 1.165) is 6.42 Å². The molecule has 68 heavy (non-hydrogen) atoms. The molecule has 4 saturated carbocycles. The molecule has 15 N–H and O–H groups in total. The zero-order valence-corrected chi connectivity index (χ0v) is 38.3. The van der Waals surface area contributed by atoms with E-state index in [4.69, 9.17) is 37.9 Å². The van der Waals surface area contributed by atoms with Crippen LogP contribution < -0.4 is 0 Å². The van der Waals surface area contributed by atoms with Crippen LogP contribution in [0.2, 0.25) is 0 Å². The van der Waals surface area contributed by atoms with Crippen molar-refractivity contribution in [2.75, 3.05) is 26.4 Å². The second-order valence-electron chi connectivity index (χ2n) is 21.5. The lowest BCUT2D eigenvalue weighted by molar-refractivity contribution is -0.406. The molecule has 8 aliphatic rings. The summed E-state index contributed by atoms with van der Waals surface area (Å²) in [6.07, 6.45) is -31.0. The maximum Gasteiger partial charge on any atom is 0.314 e. The van der Waals surface area contributed by atoms with E-state index >= 15 is 0 Å². The zero-order valence-electron chi connectivity index (χ0n) is 38.3. The highest BCUT2D eigenvalue weighted by Crippen LogP contribution is 2.74. The van der Waals surface area contributed by atoms with Gasteiger partial charge in [-0.05, 0) is 87.9 Å². The predicted molar refractivity (Wildman–Crippen MR) is 221 cm³/mol. The number of fused-ring (bicyclic) bond motifs is 3. The highest BCUT2D eigenvalue weighted by Gasteiger charge is 2.73. The van der Waals surface area contributed by atoms with Crippen molar-refractivity contribution in [1.82, 2.24) is 0 Å². The molecule has 0 aromatic heterocycles. The van der Waals surface area contributed by atoms with Gasteiger partial charge in [-0.1, -0.05) is 13.3 Å². The molecule has 8 fully saturated rings. The van der Waals surface area contributed by atoms with Crippen LogP contribution >= 0.6 is 0 Å². The van der Waals surface area contributed by atoms with E-state index in [9.17, 15) is 81.4 Å². The lowest BCUT2D eigenvalue weighted by Gasteiger charge is -2.64. The van der Waals surface area contributed by atoms with Crippen molar-refractivity contribution in [1.29, 1.82) is 0 Å². The van der Waals surface area contributed by atoms with Crippen LogP contribution in [0.4, 0.5) is 0 Å². The van der Waals surface area contributed by atoms with Crippen LogP contribution in [0.5, 0.6) is 0 Å². The third-order valence-corrected chi connectivity index (χ3v) is 17.6. The van der Waals surface area contributed by atoms with Crippen LogP contribution in [-0.4, -0.2) is 243 Å². The van der Waals surface area contributed by atoms with Gasteiger partial charge in [0.05, 0.1) is 37.4 Å². The number of hydrogen-bond acceptors (Lipinski definition) is 24. The fourth-order valence-corrected chi connectivity index (χ4v) is 14.0. The highest BCUT2D eigenvalue weighted by molar-refractivity contribution is 5.77. The third-order valence-electron chi connectivity index (χ3n) is 17.6. The predicted octanol–water partition coefficient (Wildman–Crippen LogP) is -5.92. The second-order valence-corrected chi connectivity index (χ2v) is 21.5. The molecule has 2 bridgehead atoms. The smallest absolute Gasteiger partial charge is 0.314 e. The summed E-state index contributed by atoms with van der Waals surface area (Å²) in [5.74, 6) is -1.02. The van der Waals surface area contributed by atoms with Gasteiger partial charge in [0, 0.05) is 0 Å². The Morgan fingerprint density at radius 3 is 1.50 bits per heavy atom. The van der Waals surface area contributed by atoms with Crippen molar-refractivity contribution in [2.24, 2.45) is 28.1 Å².